The number of amides is 1. The SMILES string of the molecule is Cc1cc(Cl)ccc1N1C(=O)C(O)=C(C(=O)CCc2ccccc2)C1c1ccncc1. The monoisotopic (exact) mass is 432 g/mol. The molecule has 0 bridgehead atoms. The Morgan fingerprint density at radius 1 is 1.10 bits per heavy atom. The van der Waals surface area contributed by atoms with Gasteiger partial charge in [0.25, 0.3) is 5.91 Å². The Labute approximate surface area is 185 Å². The molecule has 1 amide bonds. The van der Waals surface area contributed by atoms with Crippen LogP contribution in [0.4, 0.5) is 5.69 Å². The van der Waals surface area contributed by atoms with E-state index in [1.807, 2.05) is 37.3 Å². The highest BCUT2D eigenvalue weighted by Gasteiger charge is 2.44. The summed E-state index contributed by atoms with van der Waals surface area (Å²) >= 11 is 6.10. The summed E-state index contributed by atoms with van der Waals surface area (Å²) in [7, 11) is 0. The number of hydrogen-bond donors (Lipinski definition) is 1. The highest BCUT2D eigenvalue weighted by molar-refractivity contribution is 6.30. The Bertz CT molecular complexity index is 1160. The van der Waals surface area contributed by atoms with Crippen molar-refractivity contribution in [2.45, 2.75) is 25.8 Å². The molecule has 1 unspecified atom stereocenters. The number of rotatable bonds is 6. The van der Waals surface area contributed by atoms with E-state index in [1.54, 1.807) is 42.7 Å². The smallest absolute Gasteiger partial charge is 0.294 e. The van der Waals surface area contributed by atoms with Crippen molar-refractivity contribution in [3.8, 4) is 0 Å². The molecule has 4 rings (SSSR count). The van der Waals surface area contributed by atoms with Crippen LogP contribution in [0.1, 0.15) is 29.2 Å². The van der Waals surface area contributed by atoms with E-state index in [0.29, 0.717) is 22.7 Å². The molecule has 156 valence electrons. The molecule has 31 heavy (non-hydrogen) atoms. The largest absolute Gasteiger partial charge is 0.503 e. The molecule has 1 aliphatic heterocycles. The Balaban J connectivity index is 1.74. The highest BCUT2D eigenvalue weighted by atomic mass is 35.5. The van der Waals surface area contributed by atoms with Gasteiger partial charge in [-0.2, -0.15) is 0 Å². The van der Waals surface area contributed by atoms with Crippen molar-refractivity contribution < 1.29 is 14.7 Å². The molecule has 0 radical (unpaired) electrons. The van der Waals surface area contributed by atoms with E-state index in [2.05, 4.69) is 4.98 Å². The number of anilines is 1. The second kappa shape index (κ2) is 8.74. The Morgan fingerprint density at radius 3 is 2.48 bits per heavy atom. The third kappa shape index (κ3) is 4.09. The summed E-state index contributed by atoms with van der Waals surface area (Å²) in [5, 5.41) is 11.3. The van der Waals surface area contributed by atoms with Gasteiger partial charge in [-0.15, -0.1) is 0 Å². The maximum atomic E-state index is 13.2. The zero-order valence-corrected chi connectivity index (χ0v) is 17.7. The first kappa shape index (κ1) is 20.8. The van der Waals surface area contributed by atoms with E-state index < -0.39 is 17.7 Å². The lowest BCUT2D eigenvalue weighted by molar-refractivity contribution is -0.118. The predicted molar refractivity (Wildman–Crippen MR) is 120 cm³/mol. The van der Waals surface area contributed by atoms with Crippen molar-refractivity contribution in [2.75, 3.05) is 4.90 Å². The second-order valence-electron chi connectivity index (χ2n) is 7.46. The Morgan fingerprint density at radius 2 is 1.81 bits per heavy atom. The molecule has 1 aromatic heterocycles. The zero-order chi connectivity index (χ0) is 22.0. The summed E-state index contributed by atoms with van der Waals surface area (Å²) in [6, 6.07) is 17.6. The first-order chi connectivity index (χ1) is 15.0. The fraction of sp³-hybridized carbons (Fsp3) is 0.160. The molecule has 0 aliphatic carbocycles. The molecule has 1 aliphatic rings. The standard InChI is InChI=1S/C25H21ClN2O3/c1-16-15-19(26)8-9-20(16)28-23(18-11-13-27-14-12-18)22(24(30)25(28)31)21(29)10-7-17-5-3-2-4-6-17/h2-6,8-9,11-15,23,30H,7,10H2,1H3. The average molecular weight is 433 g/mol. The number of halogens is 1. The van der Waals surface area contributed by atoms with Crippen LogP contribution in [0.15, 0.2) is 84.4 Å². The van der Waals surface area contributed by atoms with E-state index in [9.17, 15) is 14.7 Å². The number of aromatic nitrogens is 1. The van der Waals surface area contributed by atoms with Gasteiger partial charge in [0.05, 0.1) is 11.6 Å². The van der Waals surface area contributed by atoms with Crippen LogP contribution >= 0.6 is 11.6 Å². The molecule has 0 saturated heterocycles. The van der Waals surface area contributed by atoms with Crippen molar-refractivity contribution in [2.24, 2.45) is 0 Å². The molecular weight excluding hydrogens is 412 g/mol. The maximum Gasteiger partial charge on any atom is 0.294 e. The molecule has 0 fully saturated rings. The number of aliphatic hydroxyl groups excluding tert-OH is 1. The van der Waals surface area contributed by atoms with Crippen molar-refractivity contribution >= 4 is 29.0 Å². The van der Waals surface area contributed by atoms with E-state index in [0.717, 1.165) is 11.1 Å². The summed E-state index contributed by atoms with van der Waals surface area (Å²) in [5.41, 5.74) is 3.19. The van der Waals surface area contributed by atoms with Crippen LogP contribution < -0.4 is 4.90 Å². The first-order valence-corrected chi connectivity index (χ1v) is 10.3. The summed E-state index contributed by atoms with van der Waals surface area (Å²) < 4.78 is 0. The van der Waals surface area contributed by atoms with E-state index in [-0.39, 0.29) is 17.8 Å². The van der Waals surface area contributed by atoms with Gasteiger partial charge >= 0.3 is 0 Å². The Kier molecular flexibility index (Phi) is 5.87. The normalized spacial score (nSPS) is 16.1. The number of aliphatic hydroxyl groups is 1. The summed E-state index contributed by atoms with van der Waals surface area (Å²) in [5.74, 6) is -1.37. The van der Waals surface area contributed by atoms with Crippen LogP contribution in [0.25, 0.3) is 0 Å². The molecule has 6 heteroatoms. The third-order valence-electron chi connectivity index (χ3n) is 5.43. The lowest BCUT2D eigenvalue weighted by Gasteiger charge is -2.28. The highest BCUT2D eigenvalue weighted by Crippen LogP contribution is 2.42. The first-order valence-electron chi connectivity index (χ1n) is 9.97. The summed E-state index contributed by atoms with van der Waals surface area (Å²) in [6.45, 7) is 1.84. The number of benzene rings is 2. The number of carbonyl (C=O) groups excluding carboxylic acids is 2. The minimum Gasteiger partial charge on any atom is -0.503 e. The number of Topliss-reactive ketones (excluding diaryl/α,β-unsaturated/α-hetero) is 1. The maximum absolute atomic E-state index is 13.2. The average Bonchev–Trinajstić information content (AvgIpc) is 3.04. The summed E-state index contributed by atoms with van der Waals surface area (Å²) in [4.78, 5) is 31.9. The minimum atomic E-state index is -0.737. The van der Waals surface area contributed by atoms with Gasteiger partial charge in [-0.05, 0) is 60.4 Å². The van der Waals surface area contributed by atoms with E-state index in [4.69, 9.17) is 11.6 Å². The van der Waals surface area contributed by atoms with Crippen LogP contribution in [0, 0.1) is 6.92 Å². The molecule has 2 heterocycles. The van der Waals surface area contributed by atoms with Gasteiger partial charge in [-0.1, -0.05) is 41.9 Å². The zero-order valence-electron chi connectivity index (χ0n) is 17.0. The molecule has 0 saturated carbocycles. The predicted octanol–water partition coefficient (Wildman–Crippen LogP) is 5.15. The number of carbonyl (C=O) groups is 2. The third-order valence-corrected chi connectivity index (χ3v) is 5.67. The van der Waals surface area contributed by atoms with Gasteiger partial charge in [0.15, 0.2) is 11.5 Å². The molecular formula is C25H21ClN2O3. The van der Waals surface area contributed by atoms with Crippen LogP contribution in [-0.2, 0) is 16.0 Å². The van der Waals surface area contributed by atoms with Gasteiger partial charge < -0.3 is 5.11 Å². The van der Waals surface area contributed by atoms with Crippen LogP contribution in [0.3, 0.4) is 0 Å². The molecule has 1 N–H and O–H groups in total. The molecule has 5 nitrogen and oxygen atoms in total. The molecule has 3 aromatic rings. The lowest BCUT2D eigenvalue weighted by Crippen LogP contribution is -2.31. The van der Waals surface area contributed by atoms with Crippen LogP contribution in [0.5, 0.6) is 0 Å². The number of pyridine rings is 1. The number of hydrogen-bond acceptors (Lipinski definition) is 4. The summed E-state index contributed by atoms with van der Waals surface area (Å²) in [6.07, 6.45) is 3.92. The molecule has 1 atom stereocenters. The Hall–Kier alpha value is -3.44. The van der Waals surface area contributed by atoms with Crippen molar-refractivity contribution in [3.63, 3.8) is 0 Å². The van der Waals surface area contributed by atoms with Gasteiger partial charge in [-0.3, -0.25) is 19.5 Å². The minimum absolute atomic E-state index is 0.112. The lowest BCUT2D eigenvalue weighted by atomic mass is 9.93. The fourth-order valence-electron chi connectivity index (χ4n) is 3.93. The number of aryl methyl sites for hydroxylation is 2. The van der Waals surface area contributed by atoms with E-state index >= 15 is 0 Å². The van der Waals surface area contributed by atoms with Gasteiger partial charge in [-0.25, -0.2) is 0 Å². The van der Waals surface area contributed by atoms with Crippen molar-refractivity contribution in [3.05, 3.63) is 106 Å². The van der Waals surface area contributed by atoms with E-state index in [1.165, 1.54) is 4.90 Å². The van der Waals surface area contributed by atoms with Crippen molar-refractivity contribution in [1.29, 1.82) is 0 Å². The quantitative estimate of drug-likeness (QED) is 0.585. The molecule has 0 spiro atoms. The van der Waals surface area contributed by atoms with Crippen LogP contribution in [0.2, 0.25) is 5.02 Å². The fourth-order valence-corrected chi connectivity index (χ4v) is 4.15. The van der Waals surface area contributed by atoms with Gasteiger partial charge in [0.1, 0.15) is 0 Å². The van der Waals surface area contributed by atoms with Gasteiger partial charge in [0, 0.05) is 29.5 Å². The second-order valence-corrected chi connectivity index (χ2v) is 7.90. The van der Waals surface area contributed by atoms with Gasteiger partial charge in [0.2, 0.25) is 0 Å². The molecule has 2 aromatic carbocycles. The van der Waals surface area contributed by atoms with Crippen molar-refractivity contribution in [1.82, 2.24) is 4.98 Å². The topological polar surface area (TPSA) is 70.5 Å². The number of ketones is 1. The number of nitrogens with zero attached hydrogens (tertiary/aromatic N) is 2. The van der Waals surface area contributed by atoms with Crippen LogP contribution in [-0.4, -0.2) is 21.8 Å².